The molecule has 2 aromatic carbocycles. The first-order valence-corrected chi connectivity index (χ1v) is 6.66. The summed E-state index contributed by atoms with van der Waals surface area (Å²) in [5.74, 6) is -1.52. The van der Waals surface area contributed by atoms with Crippen molar-refractivity contribution in [3.8, 4) is 0 Å². The molecular weight excluding hydrogens is 283 g/mol. The molecule has 0 saturated heterocycles. The van der Waals surface area contributed by atoms with E-state index in [4.69, 9.17) is 0 Å². The van der Waals surface area contributed by atoms with Gasteiger partial charge in [-0.3, -0.25) is 9.59 Å². The number of amides is 2. The average Bonchev–Trinajstić information content (AvgIpc) is 2.49. The molecule has 0 bridgehead atoms. The van der Waals surface area contributed by atoms with Gasteiger partial charge in [0.25, 0.3) is 5.91 Å². The first kappa shape index (κ1) is 15.4. The predicted octanol–water partition coefficient (Wildman–Crippen LogP) is 2.94. The van der Waals surface area contributed by atoms with Crippen LogP contribution in [0.25, 0.3) is 6.08 Å². The van der Waals surface area contributed by atoms with Crippen molar-refractivity contribution >= 4 is 23.6 Å². The number of hydrogen-bond acceptors (Lipinski definition) is 2. The number of rotatable bonds is 4. The number of carbonyl (C=O) groups is 2. The molecule has 0 fully saturated rings. The Kier molecular flexibility index (Phi) is 5.03. The standard InChI is InChI=1S/C17H15FN2O2/c1-12(21)19-16(11-13-7-3-2-4-8-13)17(22)20-15-10-6-5-9-14(15)18/h2-11H,1H3,(H,19,21)(H,20,22)/b16-11+. The topological polar surface area (TPSA) is 58.2 Å². The van der Waals surface area contributed by atoms with Crippen molar-refractivity contribution in [3.63, 3.8) is 0 Å². The first-order valence-electron chi connectivity index (χ1n) is 6.66. The molecule has 5 heteroatoms. The van der Waals surface area contributed by atoms with Gasteiger partial charge in [-0.25, -0.2) is 4.39 Å². The highest BCUT2D eigenvalue weighted by Crippen LogP contribution is 2.14. The minimum Gasteiger partial charge on any atom is -0.322 e. The van der Waals surface area contributed by atoms with Gasteiger partial charge in [-0.1, -0.05) is 42.5 Å². The third-order valence-corrected chi connectivity index (χ3v) is 2.79. The van der Waals surface area contributed by atoms with Crippen molar-refractivity contribution in [1.82, 2.24) is 5.32 Å². The number of anilines is 1. The van der Waals surface area contributed by atoms with Crippen LogP contribution in [-0.2, 0) is 9.59 Å². The molecular formula is C17H15FN2O2. The molecule has 22 heavy (non-hydrogen) atoms. The Morgan fingerprint density at radius 2 is 1.64 bits per heavy atom. The van der Waals surface area contributed by atoms with Gasteiger partial charge in [-0.05, 0) is 23.8 Å². The molecule has 0 aliphatic heterocycles. The Bertz CT molecular complexity index is 712. The third kappa shape index (κ3) is 4.28. The van der Waals surface area contributed by atoms with Gasteiger partial charge in [0.15, 0.2) is 0 Å². The maximum atomic E-state index is 13.6. The van der Waals surface area contributed by atoms with E-state index in [1.807, 2.05) is 18.2 Å². The van der Waals surface area contributed by atoms with Crippen LogP contribution in [0, 0.1) is 5.82 Å². The Labute approximate surface area is 127 Å². The van der Waals surface area contributed by atoms with Crippen LogP contribution in [0.4, 0.5) is 10.1 Å². The lowest BCUT2D eigenvalue weighted by molar-refractivity contribution is -0.120. The average molecular weight is 298 g/mol. The summed E-state index contributed by atoms with van der Waals surface area (Å²) >= 11 is 0. The molecule has 0 aliphatic rings. The SMILES string of the molecule is CC(=O)N/C(=C/c1ccccc1)C(=O)Nc1ccccc1F. The summed E-state index contributed by atoms with van der Waals surface area (Å²) in [5.41, 5.74) is 0.841. The highest BCUT2D eigenvalue weighted by atomic mass is 19.1. The van der Waals surface area contributed by atoms with Crippen LogP contribution in [0.15, 0.2) is 60.3 Å². The van der Waals surface area contributed by atoms with Gasteiger partial charge in [0.05, 0.1) is 5.69 Å². The van der Waals surface area contributed by atoms with Crippen LogP contribution >= 0.6 is 0 Å². The fourth-order valence-corrected chi connectivity index (χ4v) is 1.82. The molecule has 0 heterocycles. The van der Waals surface area contributed by atoms with Crippen LogP contribution in [-0.4, -0.2) is 11.8 Å². The van der Waals surface area contributed by atoms with Crippen LogP contribution in [0.1, 0.15) is 12.5 Å². The first-order chi connectivity index (χ1) is 10.6. The molecule has 2 N–H and O–H groups in total. The van der Waals surface area contributed by atoms with Gasteiger partial charge in [0.1, 0.15) is 11.5 Å². The normalized spacial score (nSPS) is 10.9. The summed E-state index contributed by atoms with van der Waals surface area (Å²) in [4.78, 5) is 23.5. The van der Waals surface area contributed by atoms with E-state index < -0.39 is 11.7 Å². The molecule has 4 nitrogen and oxygen atoms in total. The summed E-state index contributed by atoms with van der Waals surface area (Å²) in [6, 6.07) is 14.9. The van der Waals surface area contributed by atoms with Gasteiger partial charge >= 0.3 is 0 Å². The number of benzene rings is 2. The van der Waals surface area contributed by atoms with Gasteiger partial charge in [-0.15, -0.1) is 0 Å². The van der Waals surface area contributed by atoms with Gasteiger partial charge in [0.2, 0.25) is 5.91 Å². The van der Waals surface area contributed by atoms with Crippen LogP contribution in [0.2, 0.25) is 0 Å². The second kappa shape index (κ2) is 7.17. The van der Waals surface area contributed by atoms with E-state index in [2.05, 4.69) is 10.6 Å². The molecule has 2 amide bonds. The van der Waals surface area contributed by atoms with E-state index >= 15 is 0 Å². The molecule has 2 rings (SSSR count). The number of carbonyl (C=O) groups excluding carboxylic acids is 2. The molecule has 0 aliphatic carbocycles. The monoisotopic (exact) mass is 298 g/mol. The van der Waals surface area contributed by atoms with Crippen LogP contribution < -0.4 is 10.6 Å². The second-order valence-corrected chi connectivity index (χ2v) is 4.58. The maximum absolute atomic E-state index is 13.6. The number of para-hydroxylation sites is 1. The zero-order valence-corrected chi connectivity index (χ0v) is 12.0. The minimum absolute atomic E-state index is 0.0435. The van der Waals surface area contributed by atoms with Gasteiger partial charge < -0.3 is 10.6 Å². The Hall–Kier alpha value is -2.95. The van der Waals surface area contributed by atoms with Gasteiger partial charge in [-0.2, -0.15) is 0 Å². The molecule has 0 unspecified atom stereocenters. The Morgan fingerprint density at radius 3 is 2.27 bits per heavy atom. The summed E-state index contributed by atoms with van der Waals surface area (Å²) in [7, 11) is 0. The lowest BCUT2D eigenvalue weighted by atomic mass is 10.2. The van der Waals surface area contributed by atoms with E-state index in [1.165, 1.54) is 31.2 Å². The number of nitrogens with one attached hydrogen (secondary N) is 2. The van der Waals surface area contributed by atoms with Gasteiger partial charge in [0, 0.05) is 6.92 Å². The lowest BCUT2D eigenvalue weighted by Crippen LogP contribution is -2.29. The largest absolute Gasteiger partial charge is 0.322 e. The van der Waals surface area contributed by atoms with Crippen molar-refractivity contribution in [2.75, 3.05) is 5.32 Å². The van der Waals surface area contributed by atoms with Crippen LogP contribution in [0.3, 0.4) is 0 Å². The van der Waals surface area contributed by atoms with E-state index in [0.717, 1.165) is 5.56 Å². The predicted molar refractivity (Wildman–Crippen MR) is 83.3 cm³/mol. The zero-order chi connectivity index (χ0) is 15.9. The van der Waals surface area contributed by atoms with Crippen molar-refractivity contribution in [3.05, 3.63) is 71.7 Å². The number of hydrogen-bond donors (Lipinski definition) is 2. The van der Waals surface area contributed by atoms with Crippen LogP contribution in [0.5, 0.6) is 0 Å². The molecule has 0 saturated carbocycles. The molecule has 0 aromatic heterocycles. The summed E-state index contributed by atoms with van der Waals surface area (Å²) in [6.45, 7) is 1.30. The van der Waals surface area contributed by atoms with Crippen molar-refractivity contribution in [1.29, 1.82) is 0 Å². The smallest absolute Gasteiger partial charge is 0.272 e. The lowest BCUT2D eigenvalue weighted by Gasteiger charge is -2.10. The molecule has 2 aromatic rings. The third-order valence-electron chi connectivity index (χ3n) is 2.79. The molecule has 0 atom stereocenters. The summed E-state index contributed by atoms with van der Waals surface area (Å²) in [6.07, 6.45) is 1.53. The number of halogens is 1. The van der Waals surface area contributed by atoms with Crippen molar-refractivity contribution in [2.45, 2.75) is 6.92 Å². The maximum Gasteiger partial charge on any atom is 0.272 e. The van der Waals surface area contributed by atoms with Crippen molar-refractivity contribution in [2.24, 2.45) is 0 Å². The van der Waals surface area contributed by atoms with E-state index in [9.17, 15) is 14.0 Å². The minimum atomic E-state index is -0.593. The fraction of sp³-hybridized carbons (Fsp3) is 0.0588. The summed E-state index contributed by atoms with van der Waals surface area (Å²) in [5, 5.41) is 4.89. The zero-order valence-electron chi connectivity index (χ0n) is 12.0. The highest BCUT2D eigenvalue weighted by molar-refractivity contribution is 6.08. The summed E-state index contributed by atoms with van der Waals surface area (Å²) < 4.78 is 13.6. The second-order valence-electron chi connectivity index (χ2n) is 4.58. The highest BCUT2D eigenvalue weighted by Gasteiger charge is 2.13. The van der Waals surface area contributed by atoms with E-state index in [-0.39, 0.29) is 17.3 Å². The molecule has 112 valence electrons. The Morgan fingerprint density at radius 1 is 1.00 bits per heavy atom. The van der Waals surface area contributed by atoms with E-state index in [0.29, 0.717) is 0 Å². The quantitative estimate of drug-likeness (QED) is 0.853. The fourth-order valence-electron chi connectivity index (χ4n) is 1.82. The van der Waals surface area contributed by atoms with E-state index in [1.54, 1.807) is 18.2 Å². The molecule has 0 spiro atoms. The molecule has 0 radical (unpaired) electrons. The van der Waals surface area contributed by atoms with Crippen molar-refractivity contribution < 1.29 is 14.0 Å². The Balaban J connectivity index is 2.26.